The maximum atomic E-state index is 12.9. The highest BCUT2D eigenvalue weighted by Gasteiger charge is 2.26. The van der Waals surface area contributed by atoms with Gasteiger partial charge in [0.15, 0.2) is 0 Å². The third-order valence-corrected chi connectivity index (χ3v) is 5.17. The van der Waals surface area contributed by atoms with Crippen molar-refractivity contribution in [3.63, 3.8) is 0 Å². The fourth-order valence-electron chi connectivity index (χ4n) is 3.81. The Kier molecular flexibility index (Phi) is 4.75. The van der Waals surface area contributed by atoms with Gasteiger partial charge in [0.1, 0.15) is 6.33 Å². The Bertz CT molecular complexity index is 1000. The lowest BCUT2D eigenvalue weighted by atomic mass is 10.1. The summed E-state index contributed by atoms with van der Waals surface area (Å²) < 4.78 is 1.71. The van der Waals surface area contributed by atoms with Crippen LogP contribution in [-0.2, 0) is 11.3 Å². The Balaban J connectivity index is 1.55. The molecule has 0 radical (unpaired) electrons. The van der Waals surface area contributed by atoms with Crippen molar-refractivity contribution < 1.29 is 4.79 Å². The molecule has 3 heterocycles. The maximum Gasteiger partial charge on any atom is 0.242 e. The normalized spacial score (nSPS) is 15.1. The quantitative estimate of drug-likeness (QED) is 0.698. The number of aryl methyl sites for hydroxylation is 2. The monoisotopic (exact) mass is 378 g/mol. The van der Waals surface area contributed by atoms with Crippen molar-refractivity contribution in [2.45, 2.75) is 40.2 Å². The average Bonchev–Trinajstić information content (AvgIpc) is 3.10. The number of hydrogen-bond acceptors (Lipinski definition) is 5. The minimum Gasteiger partial charge on any atom is -0.357 e. The molecule has 7 heteroatoms. The molecule has 1 aromatic carbocycles. The summed E-state index contributed by atoms with van der Waals surface area (Å²) in [5.41, 5.74) is 6.23. The van der Waals surface area contributed by atoms with Gasteiger partial charge in [0.05, 0.1) is 17.9 Å². The lowest BCUT2D eigenvalue weighted by Gasteiger charge is -2.35. The fraction of sp³-hybridized carbons (Fsp3) is 0.429. The molecule has 0 aliphatic carbocycles. The molecule has 28 heavy (non-hydrogen) atoms. The van der Waals surface area contributed by atoms with E-state index >= 15 is 0 Å². The number of carbonyl (C=O) groups excluding carboxylic acids is 1. The zero-order chi connectivity index (χ0) is 19.8. The highest BCUT2D eigenvalue weighted by molar-refractivity contribution is 5.84. The van der Waals surface area contributed by atoms with Gasteiger partial charge in [-0.05, 0) is 31.4 Å². The molecule has 1 saturated heterocycles. The zero-order valence-corrected chi connectivity index (χ0v) is 16.9. The second-order valence-electron chi connectivity index (χ2n) is 7.94. The molecule has 146 valence electrons. The van der Waals surface area contributed by atoms with Crippen LogP contribution in [0.2, 0.25) is 0 Å². The third kappa shape index (κ3) is 3.56. The molecule has 0 bridgehead atoms. The van der Waals surface area contributed by atoms with Crippen LogP contribution >= 0.6 is 0 Å². The van der Waals surface area contributed by atoms with Crippen LogP contribution < -0.4 is 4.90 Å². The van der Waals surface area contributed by atoms with E-state index in [-0.39, 0.29) is 11.8 Å². The van der Waals surface area contributed by atoms with E-state index in [4.69, 9.17) is 0 Å². The van der Waals surface area contributed by atoms with Gasteiger partial charge < -0.3 is 9.80 Å². The van der Waals surface area contributed by atoms with Crippen LogP contribution in [0.3, 0.4) is 0 Å². The first kappa shape index (κ1) is 18.4. The van der Waals surface area contributed by atoms with E-state index in [0.29, 0.717) is 25.3 Å². The fourth-order valence-corrected chi connectivity index (χ4v) is 3.81. The molecule has 1 aliphatic rings. The summed E-state index contributed by atoms with van der Waals surface area (Å²) in [7, 11) is 0. The first-order valence-electron chi connectivity index (χ1n) is 9.71. The van der Waals surface area contributed by atoms with Crippen molar-refractivity contribution in [2.24, 2.45) is 0 Å². The minimum atomic E-state index is 0.131. The maximum absolute atomic E-state index is 12.9. The molecule has 0 atom stereocenters. The van der Waals surface area contributed by atoms with Crippen LogP contribution in [0.5, 0.6) is 0 Å². The number of amides is 1. The highest BCUT2D eigenvalue weighted by Crippen LogP contribution is 2.25. The van der Waals surface area contributed by atoms with E-state index in [9.17, 15) is 4.79 Å². The van der Waals surface area contributed by atoms with Crippen LogP contribution in [0.1, 0.15) is 42.1 Å². The van der Waals surface area contributed by atoms with Crippen molar-refractivity contribution in [2.75, 3.05) is 24.5 Å². The number of benzene rings is 1. The van der Waals surface area contributed by atoms with Gasteiger partial charge in [-0.25, -0.2) is 0 Å². The first-order chi connectivity index (χ1) is 13.4. The van der Waals surface area contributed by atoms with Gasteiger partial charge in [0.2, 0.25) is 11.6 Å². The van der Waals surface area contributed by atoms with Gasteiger partial charge in [-0.3, -0.25) is 4.79 Å². The van der Waals surface area contributed by atoms with E-state index in [1.165, 1.54) is 16.7 Å². The molecular formula is C21H26N6O. The predicted octanol–water partition coefficient (Wildman–Crippen LogP) is 2.71. The summed E-state index contributed by atoms with van der Waals surface area (Å²) in [6.45, 7) is 10.8. The second kappa shape index (κ2) is 7.22. The molecule has 2 aromatic heterocycles. The minimum absolute atomic E-state index is 0.131. The van der Waals surface area contributed by atoms with Crippen molar-refractivity contribution in [3.05, 3.63) is 53.0 Å². The van der Waals surface area contributed by atoms with Crippen LogP contribution in [-0.4, -0.2) is 50.3 Å². The van der Waals surface area contributed by atoms with Crippen LogP contribution in [0, 0.1) is 13.8 Å². The van der Waals surface area contributed by atoms with Crippen molar-refractivity contribution >= 4 is 17.2 Å². The Morgan fingerprint density at radius 3 is 2.50 bits per heavy atom. The van der Waals surface area contributed by atoms with Crippen LogP contribution in [0.4, 0.5) is 5.69 Å². The van der Waals surface area contributed by atoms with Gasteiger partial charge in [0, 0.05) is 19.6 Å². The molecule has 0 N–H and O–H groups in total. The average molecular weight is 378 g/mol. The van der Waals surface area contributed by atoms with Crippen molar-refractivity contribution in [1.29, 1.82) is 0 Å². The second-order valence-corrected chi connectivity index (χ2v) is 7.94. The molecule has 0 saturated carbocycles. The summed E-state index contributed by atoms with van der Waals surface area (Å²) in [6.07, 6.45) is 1.61. The van der Waals surface area contributed by atoms with Gasteiger partial charge in [-0.15, -0.1) is 10.2 Å². The Labute approximate surface area is 165 Å². The predicted molar refractivity (Wildman–Crippen MR) is 108 cm³/mol. The number of aromatic nitrogens is 4. The molecule has 4 rings (SSSR count). The first-order valence-corrected chi connectivity index (χ1v) is 9.71. The largest absolute Gasteiger partial charge is 0.357 e. The standard InChI is InChI=1S/C21H26N6O/c1-14(2)18-10-19(21-23-22-13-27(21)24-18)25-5-6-26(20(28)12-25)11-17-8-15(3)7-16(4)9-17/h7-10,13-14H,5-6,11-12H2,1-4H3. The number of rotatable bonds is 4. The zero-order valence-electron chi connectivity index (χ0n) is 16.9. The number of nitrogens with zero attached hydrogens (tertiary/aromatic N) is 6. The van der Waals surface area contributed by atoms with Crippen LogP contribution in [0.15, 0.2) is 30.6 Å². The number of piperazine rings is 1. The van der Waals surface area contributed by atoms with E-state index < -0.39 is 0 Å². The van der Waals surface area contributed by atoms with E-state index in [0.717, 1.165) is 17.9 Å². The number of hydrogen-bond donors (Lipinski definition) is 0. The van der Waals surface area contributed by atoms with Crippen molar-refractivity contribution in [1.82, 2.24) is 24.7 Å². The summed E-state index contributed by atoms with van der Waals surface area (Å²) in [5, 5.41) is 12.8. The lowest BCUT2D eigenvalue weighted by Crippen LogP contribution is -2.50. The summed E-state index contributed by atoms with van der Waals surface area (Å²) in [5.74, 6) is 0.415. The number of carbonyl (C=O) groups is 1. The lowest BCUT2D eigenvalue weighted by molar-refractivity contribution is -0.131. The Morgan fingerprint density at radius 2 is 1.82 bits per heavy atom. The molecule has 7 nitrogen and oxygen atoms in total. The molecule has 0 unspecified atom stereocenters. The SMILES string of the molecule is Cc1cc(C)cc(CN2CCN(c3cc(C(C)C)nn4cnnc34)CC2=O)c1. The van der Waals surface area contributed by atoms with E-state index in [2.05, 4.69) is 66.1 Å². The van der Waals surface area contributed by atoms with E-state index in [1.807, 2.05) is 11.0 Å². The van der Waals surface area contributed by atoms with Gasteiger partial charge in [-0.1, -0.05) is 43.2 Å². The molecule has 1 amide bonds. The number of fused-ring (bicyclic) bond motifs is 1. The smallest absolute Gasteiger partial charge is 0.242 e. The van der Waals surface area contributed by atoms with Gasteiger partial charge in [-0.2, -0.15) is 9.61 Å². The summed E-state index contributed by atoms with van der Waals surface area (Å²) in [4.78, 5) is 16.9. The summed E-state index contributed by atoms with van der Waals surface area (Å²) >= 11 is 0. The molecule has 1 fully saturated rings. The Hall–Kier alpha value is -2.96. The molecular weight excluding hydrogens is 352 g/mol. The van der Waals surface area contributed by atoms with E-state index in [1.54, 1.807) is 10.8 Å². The van der Waals surface area contributed by atoms with Gasteiger partial charge >= 0.3 is 0 Å². The highest BCUT2D eigenvalue weighted by atomic mass is 16.2. The van der Waals surface area contributed by atoms with Gasteiger partial charge in [0.25, 0.3) is 0 Å². The number of anilines is 1. The Morgan fingerprint density at radius 1 is 1.07 bits per heavy atom. The van der Waals surface area contributed by atoms with Crippen molar-refractivity contribution in [3.8, 4) is 0 Å². The topological polar surface area (TPSA) is 66.6 Å². The molecule has 0 spiro atoms. The molecule has 3 aromatic rings. The molecule has 1 aliphatic heterocycles. The van der Waals surface area contributed by atoms with Crippen LogP contribution in [0.25, 0.3) is 5.65 Å². The third-order valence-electron chi connectivity index (χ3n) is 5.17. The summed E-state index contributed by atoms with van der Waals surface area (Å²) in [6, 6.07) is 8.51.